The number of aromatic nitrogens is 3. The fourth-order valence-electron chi connectivity index (χ4n) is 2.93. The maximum Gasteiger partial charge on any atom is 0.240 e. The first-order valence-corrected chi connectivity index (χ1v) is 8.68. The summed E-state index contributed by atoms with van der Waals surface area (Å²) in [5.74, 6) is -0.0844. The van der Waals surface area contributed by atoms with Crippen LogP contribution in [0.3, 0.4) is 0 Å². The van der Waals surface area contributed by atoms with E-state index in [4.69, 9.17) is 0 Å². The number of carbonyl (C=O) groups is 1. The second-order valence-corrected chi connectivity index (χ2v) is 7.57. The third-order valence-corrected chi connectivity index (χ3v) is 4.53. The number of hydrogen-bond donors (Lipinski definition) is 1. The minimum absolute atomic E-state index is 0.0371. The number of pyridine rings is 1. The summed E-state index contributed by atoms with van der Waals surface area (Å²) in [6.45, 7) is 7.12. The highest BCUT2D eigenvalue weighted by molar-refractivity contribution is 5.82. The molecule has 2 heterocycles. The second kappa shape index (κ2) is 7.15. The molecule has 2 aromatic heterocycles. The van der Waals surface area contributed by atoms with Gasteiger partial charge in [-0.05, 0) is 17.5 Å². The molecule has 0 aliphatic heterocycles. The molecule has 0 spiro atoms. The predicted octanol–water partition coefficient (Wildman–Crippen LogP) is 2.43. The zero-order valence-corrected chi connectivity index (χ0v) is 15.3. The summed E-state index contributed by atoms with van der Waals surface area (Å²) in [4.78, 5) is 28.7. The van der Waals surface area contributed by atoms with Gasteiger partial charge in [0.15, 0.2) is 5.43 Å². The van der Waals surface area contributed by atoms with Crippen LogP contribution in [-0.4, -0.2) is 26.1 Å². The van der Waals surface area contributed by atoms with Gasteiger partial charge in [-0.25, -0.2) is 4.98 Å². The van der Waals surface area contributed by atoms with Crippen LogP contribution < -0.4 is 10.7 Å². The second-order valence-electron chi connectivity index (χ2n) is 7.57. The van der Waals surface area contributed by atoms with E-state index in [-0.39, 0.29) is 29.3 Å². The quantitative estimate of drug-likeness (QED) is 0.767. The molecule has 0 radical (unpaired) electrons. The van der Waals surface area contributed by atoms with E-state index in [1.165, 1.54) is 6.07 Å². The number of para-hydroxylation sites is 1. The van der Waals surface area contributed by atoms with Gasteiger partial charge in [0, 0.05) is 36.6 Å². The smallest absolute Gasteiger partial charge is 0.240 e. The van der Waals surface area contributed by atoms with Crippen LogP contribution in [0, 0.1) is 5.41 Å². The number of amides is 1. The van der Waals surface area contributed by atoms with Crippen molar-refractivity contribution in [3.63, 3.8) is 0 Å². The average molecular weight is 352 g/mol. The third-order valence-electron chi connectivity index (χ3n) is 4.53. The Morgan fingerprint density at radius 2 is 1.96 bits per heavy atom. The van der Waals surface area contributed by atoms with E-state index in [0.717, 1.165) is 5.52 Å². The van der Waals surface area contributed by atoms with E-state index < -0.39 is 0 Å². The normalized spacial score (nSPS) is 12.9. The number of fused-ring (bicyclic) bond motifs is 1. The molecule has 1 atom stereocenters. The van der Waals surface area contributed by atoms with Crippen molar-refractivity contribution in [3.05, 3.63) is 65.5 Å². The summed E-state index contributed by atoms with van der Waals surface area (Å²) < 4.78 is 3.77. The van der Waals surface area contributed by atoms with Crippen LogP contribution in [0.1, 0.15) is 20.8 Å². The molecule has 0 bridgehead atoms. The topological polar surface area (TPSA) is 68.9 Å². The van der Waals surface area contributed by atoms with E-state index >= 15 is 0 Å². The summed E-state index contributed by atoms with van der Waals surface area (Å²) in [6.07, 6.45) is 7.04. The summed E-state index contributed by atoms with van der Waals surface area (Å²) in [5.41, 5.74) is 0.618. The Bertz CT molecular complexity index is 952. The fourth-order valence-corrected chi connectivity index (χ4v) is 2.93. The number of imidazole rings is 1. The summed E-state index contributed by atoms with van der Waals surface area (Å²) in [7, 11) is 0. The van der Waals surface area contributed by atoms with Crippen LogP contribution in [0.4, 0.5) is 0 Å². The zero-order chi connectivity index (χ0) is 18.7. The molecule has 0 unspecified atom stereocenters. The van der Waals surface area contributed by atoms with Crippen LogP contribution in [0.25, 0.3) is 10.9 Å². The van der Waals surface area contributed by atoms with Crippen LogP contribution in [0.15, 0.2) is 60.0 Å². The lowest BCUT2D eigenvalue weighted by molar-refractivity contribution is -0.123. The minimum Gasteiger partial charge on any atom is -0.349 e. The number of nitrogens with zero attached hydrogens (tertiary/aromatic N) is 3. The lowest BCUT2D eigenvalue weighted by Gasteiger charge is -2.32. The number of nitrogens with one attached hydrogen (secondary N) is 1. The van der Waals surface area contributed by atoms with E-state index in [1.807, 2.05) is 33.5 Å². The highest BCUT2D eigenvalue weighted by Crippen LogP contribution is 2.21. The van der Waals surface area contributed by atoms with Crippen molar-refractivity contribution in [2.75, 3.05) is 0 Å². The lowest BCUT2D eigenvalue weighted by atomic mass is 9.86. The van der Waals surface area contributed by atoms with Crippen LogP contribution in [-0.2, 0) is 17.9 Å². The molecular weight excluding hydrogens is 328 g/mol. The van der Waals surface area contributed by atoms with Crippen molar-refractivity contribution in [2.45, 2.75) is 39.9 Å². The standard InChI is InChI=1S/C20H24N4O2/c1-20(2,3)18(12-23-11-9-21-14-23)22-19(26)13-24-10-8-17(25)15-6-4-5-7-16(15)24/h4-11,14,18H,12-13H2,1-3H3,(H,22,26)/t18-/m0/s1. The average Bonchev–Trinajstić information content (AvgIpc) is 3.09. The first-order valence-electron chi connectivity index (χ1n) is 8.68. The van der Waals surface area contributed by atoms with Crippen molar-refractivity contribution < 1.29 is 4.79 Å². The molecule has 3 rings (SSSR count). The molecule has 1 N–H and O–H groups in total. The molecule has 6 heteroatoms. The van der Waals surface area contributed by atoms with Crippen molar-refractivity contribution in [1.29, 1.82) is 0 Å². The SMILES string of the molecule is CC(C)(C)[C@H](Cn1ccnc1)NC(=O)Cn1ccc(=O)c2ccccc21. The molecule has 0 saturated carbocycles. The molecule has 136 valence electrons. The van der Waals surface area contributed by atoms with E-state index in [1.54, 1.807) is 24.8 Å². The molecule has 1 aromatic carbocycles. The Labute approximate surface area is 152 Å². The Morgan fingerprint density at radius 1 is 1.19 bits per heavy atom. The van der Waals surface area contributed by atoms with Crippen molar-refractivity contribution >= 4 is 16.8 Å². The monoisotopic (exact) mass is 352 g/mol. The Hall–Kier alpha value is -2.89. The van der Waals surface area contributed by atoms with Crippen molar-refractivity contribution in [2.24, 2.45) is 5.41 Å². The first kappa shape index (κ1) is 17.9. The van der Waals surface area contributed by atoms with Crippen molar-refractivity contribution in [3.8, 4) is 0 Å². The summed E-state index contributed by atoms with van der Waals surface area (Å²) in [5, 5.41) is 3.76. The maximum atomic E-state index is 12.7. The fraction of sp³-hybridized carbons (Fsp3) is 0.350. The highest BCUT2D eigenvalue weighted by Gasteiger charge is 2.26. The van der Waals surface area contributed by atoms with Gasteiger partial charge < -0.3 is 14.5 Å². The number of carbonyl (C=O) groups excluding carboxylic acids is 1. The number of hydrogen-bond acceptors (Lipinski definition) is 3. The molecule has 0 fully saturated rings. The van der Waals surface area contributed by atoms with Crippen LogP contribution in [0.5, 0.6) is 0 Å². The van der Waals surface area contributed by atoms with Gasteiger partial charge in [0.05, 0.1) is 17.9 Å². The van der Waals surface area contributed by atoms with Gasteiger partial charge in [-0.3, -0.25) is 9.59 Å². The molecular formula is C20H24N4O2. The molecule has 0 aliphatic rings. The Morgan fingerprint density at radius 3 is 2.65 bits per heavy atom. The maximum absolute atomic E-state index is 12.7. The zero-order valence-electron chi connectivity index (χ0n) is 15.3. The van der Waals surface area contributed by atoms with E-state index in [2.05, 4.69) is 31.1 Å². The molecule has 6 nitrogen and oxygen atoms in total. The van der Waals surface area contributed by atoms with Gasteiger partial charge in [-0.2, -0.15) is 0 Å². The molecule has 0 saturated heterocycles. The van der Waals surface area contributed by atoms with Crippen LogP contribution >= 0.6 is 0 Å². The predicted molar refractivity (Wildman–Crippen MR) is 102 cm³/mol. The van der Waals surface area contributed by atoms with Gasteiger partial charge in [0.2, 0.25) is 5.91 Å². The van der Waals surface area contributed by atoms with Crippen molar-refractivity contribution in [1.82, 2.24) is 19.4 Å². The van der Waals surface area contributed by atoms with Gasteiger partial charge >= 0.3 is 0 Å². The van der Waals surface area contributed by atoms with E-state index in [0.29, 0.717) is 11.9 Å². The number of rotatable bonds is 5. The van der Waals surface area contributed by atoms with Gasteiger partial charge in [0.25, 0.3) is 0 Å². The van der Waals surface area contributed by atoms with Gasteiger partial charge in [-0.1, -0.05) is 32.9 Å². The molecule has 3 aromatic rings. The highest BCUT2D eigenvalue weighted by atomic mass is 16.2. The third kappa shape index (κ3) is 4.02. The Kier molecular flexibility index (Phi) is 4.93. The minimum atomic E-state index is -0.106. The molecule has 1 amide bonds. The number of benzene rings is 1. The Balaban J connectivity index is 1.79. The summed E-state index contributed by atoms with van der Waals surface area (Å²) >= 11 is 0. The molecule has 0 aliphatic carbocycles. The van der Waals surface area contributed by atoms with Gasteiger partial charge in [-0.15, -0.1) is 0 Å². The van der Waals surface area contributed by atoms with E-state index in [9.17, 15) is 9.59 Å². The lowest BCUT2D eigenvalue weighted by Crippen LogP contribution is -2.47. The molecule has 26 heavy (non-hydrogen) atoms. The summed E-state index contributed by atoms with van der Waals surface area (Å²) in [6, 6.07) is 8.79. The largest absolute Gasteiger partial charge is 0.349 e. The van der Waals surface area contributed by atoms with Crippen LogP contribution in [0.2, 0.25) is 0 Å². The first-order chi connectivity index (χ1) is 12.3. The van der Waals surface area contributed by atoms with Gasteiger partial charge in [0.1, 0.15) is 6.54 Å².